The minimum atomic E-state index is -3.76. The first-order valence-electron chi connectivity index (χ1n) is 6.49. The number of carboxylic acid groups (broad SMARTS) is 1. The van der Waals surface area contributed by atoms with E-state index in [2.05, 4.69) is 4.90 Å². The molecule has 1 atom stereocenters. The fourth-order valence-electron chi connectivity index (χ4n) is 2.15. The molecule has 6 nitrogen and oxygen atoms in total. The van der Waals surface area contributed by atoms with Gasteiger partial charge in [-0.15, -0.1) is 11.3 Å². The van der Waals surface area contributed by atoms with Crippen molar-refractivity contribution >= 4 is 38.9 Å². The van der Waals surface area contributed by atoms with Crippen LogP contribution in [0, 0.1) is 0 Å². The molecule has 0 spiro atoms. The van der Waals surface area contributed by atoms with E-state index >= 15 is 0 Å². The molecule has 2 heterocycles. The molecule has 9 heteroatoms. The number of hydrogen-bond donors (Lipinski definition) is 1. The summed E-state index contributed by atoms with van der Waals surface area (Å²) in [5, 5.41) is 7.47. The second kappa shape index (κ2) is 6.62. The average Bonchev–Trinajstić information content (AvgIpc) is 2.83. The van der Waals surface area contributed by atoms with Crippen molar-refractivity contribution in [3.05, 3.63) is 21.3 Å². The molecule has 1 aromatic heterocycles. The SMILES string of the molecule is CC(C(=O)O)S(=O)(=O)N1CCN(Cc2ccc(Cl)s2)CC1. The molecule has 118 valence electrons. The maximum Gasteiger partial charge on any atom is 0.323 e. The Hall–Kier alpha value is -0.670. The molecule has 1 aliphatic rings. The van der Waals surface area contributed by atoms with Gasteiger partial charge in [-0.25, -0.2) is 8.42 Å². The average molecular weight is 353 g/mol. The summed E-state index contributed by atoms with van der Waals surface area (Å²) in [7, 11) is -3.76. The fraction of sp³-hybridized carbons (Fsp3) is 0.583. The van der Waals surface area contributed by atoms with Crippen LogP contribution in [0.2, 0.25) is 4.34 Å². The van der Waals surface area contributed by atoms with Crippen molar-refractivity contribution in [3.63, 3.8) is 0 Å². The number of carboxylic acids is 1. The van der Waals surface area contributed by atoms with Crippen LogP contribution in [0.25, 0.3) is 0 Å². The van der Waals surface area contributed by atoms with Crippen LogP contribution in [-0.2, 0) is 21.4 Å². The quantitative estimate of drug-likeness (QED) is 0.864. The summed E-state index contributed by atoms with van der Waals surface area (Å²) in [6.45, 7) is 3.75. The van der Waals surface area contributed by atoms with Gasteiger partial charge in [0.1, 0.15) is 0 Å². The third-order valence-electron chi connectivity index (χ3n) is 3.49. The molecule has 1 unspecified atom stereocenters. The highest BCUT2D eigenvalue weighted by atomic mass is 35.5. The van der Waals surface area contributed by atoms with Gasteiger partial charge in [-0.1, -0.05) is 11.6 Å². The minimum absolute atomic E-state index is 0.319. The van der Waals surface area contributed by atoms with E-state index in [1.54, 1.807) is 0 Å². The normalized spacial score (nSPS) is 19.5. The molecular formula is C12H17ClN2O4S2. The zero-order valence-electron chi connectivity index (χ0n) is 11.5. The summed E-state index contributed by atoms with van der Waals surface area (Å²) >= 11 is 7.39. The number of thiophene rings is 1. The van der Waals surface area contributed by atoms with Gasteiger partial charge in [-0.2, -0.15) is 4.31 Å². The van der Waals surface area contributed by atoms with Gasteiger partial charge in [0.05, 0.1) is 4.34 Å². The number of piperazine rings is 1. The first-order chi connectivity index (χ1) is 9.80. The molecule has 0 amide bonds. The Morgan fingerprint density at radius 3 is 2.48 bits per heavy atom. The van der Waals surface area contributed by atoms with E-state index < -0.39 is 21.2 Å². The van der Waals surface area contributed by atoms with Crippen molar-refractivity contribution in [3.8, 4) is 0 Å². The Labute approximate surface area is 133 Å². The lowest BCUT2D eigenvalue weighted by Crippen LogP contribution is -2.51. The van der Waals surface area contributed by atoms with Crippen LogP contribution >= 0.6 is 22.9 Å². The molecule has 1 saturated heterocycles. The summed E-state index contributed by atoms with van der Waals surface area (Å²) in [6.07, 6.45) is 0. The van der Waals surface area contributed by atoms with Crippen LogP contribution in [0.15, 0.2) is 12.1 Å². The van der Waals surface area contributed by atoms with Crippen LogP contribution in [0.5, 0.6) is 0 Å². The van der Waals surface area contributed by atoms with Crippen molar-refractivity contribution in [1.29, 1.82) is 0 Å². The number of sulfonamides is 1. The summed E-state index contributed by atoms with van der Waals surface area (Å²) in [5.74, 6) is -1.31. The molecule has 0 radical (unpaired) electrons. The predicted octanol–water partition coefficient (Wildman–Crippen LogP) is 1.32. The van der Waals surface area contributed by atoms with Crippen LogP contribution in [0.3, 0.4) is 0 Å². The minimum Gasteiger partial charge on any atom is -0.480 e. The number of rotatable bonds is 5. The molecule has 1 fully saturated rings. The van der Waals surface area contributed by atoms with Crippen LogP contribution in [0.4, 0.5) is 0 Å². The largest absolute Gasteiger partial charge is 0.480 e. The summed E-state index contributed by atoms with van der Waals surface area (Å²) < 4.78 is 26.2. The molecular weight excluding hydrogens is 336 g/mol. The Kier molecular flexibility index (Phi) is 5.26. The molecule has 0 aromatic carbocycles. The van der Waals surface area contributed by atoms with Gasteiger partial charge in [-0.05, 0) is 19.1 Å². The molecule has 1 aliphatic heterocycles. The Bertz CT molecular complexity index is 609. The van der Waals surface area contributed by atoms with Gasteiger partial charge in [0.2, 0.25) is 10.0 Å². The number of aliphatic carboxylic acids is 1. The second-order valence-corrected chi connectivity index (χ2v) is 8.96. The van der Waals surface area contributed by atoms with Crippen molar-refractivity contribution < 1.29 is 18.3 Å². The Morgan fingerprint density at radius 2 is 2.00 bits per heavy atom. The van der Waals surface area contributed by atoms with Crippen molar-refractivity contribution in [2.75, 3.05) is 26.2 Å². The van der Waals surface area contributed by atoms with E-state index in [4.69, 9.17) is 16.7 Å². The zero-order chi connectivity index (χ0) is 15.6. The van der Waals surface area contributed by atoms with Gasteiger partial charge in [0.25, 0.3) is 0 Å². The topological polar surface area (TPSA) is 77.9 Å². The van der Waals surface area contributed by atoms with Crippen LogP contribution < -0.4 is 0 Å². The van der Waals surface area contributed by atoms with Crippen molar-refractivity contribution in [2.45, 2.75) is 18.7 Å². The lowest BCUT2D eigenvalue weighted by molar-refractivity contribution is -0.136. The highest BCUT2D eigenvalue weighted by Gasteiger charge is 2.35. The molecule has 0 bridgehead atoms. The number of hydrogen-bond acceptors (Lipinski definition) is 5. The Balaban J connectivity index is 1.92. The van der Waals surface area contributed by atoms with Gasteiger partial charge in [-0.3, -0.25) is 9.69 Å². The number of carbonyl (C=O) groups is 1. The molecule has 1 N–H and O–H groups in total. The standard InChI is InChI=1S/C12H17ClN2O4S2/c1-9(12(16)17)21(18,19)15-6-4-14(5-7-15)8-10-2-3-11(13)20-10/h2-3,9H,4-8H2,1H3,(H,16,17). The predicted molar refractivity (Wildman–Crippen MR) is 82.2 cm³/mol. The first-order valence-corrected chi connectivity index (χ1v) is 9.19. The first kappa shape index (κ1) is 16.7. The third kappa shape index (κ3) is 3.95. The third-order valence-corrected chi connectivity index (χ3v) is 6.89. The van der Waals surface area contributed by atoms with Crippen molar-refractivity contribution in [1.82, 2.24) is 9.21 Å². The molecule has 1 aromatic rings. The van der Waals surface area contributed by atoms with E-state index in [1.807, 2.05) is 12.1 Å². The van der Waals surface area contributed by atoms with Gasteiger partial charge in [0, 0.05) is 37.6 Å². The van der Waals surface area contributed by atoms with Gasteiger partial charge >= 0.3 is 5.97 Å². The Morgan fingerprint density at radius 1 is 1.38 bits per heavy atom. The van der Waals surface area contributed by atoms with E-state index in [9.17, 15) is 13.2 Å². The molecule has 0 saturated carbocycles. The van der Waals surface area contributed by atoms with E-state index in [-0.39, 0.29) is 0 Å². The fourth-order valence-corrected chi connectivity index (χ4v) is 4.65. The lowest BCUT2D eigenvalue weighted by Gasteiger charge is -2.34. The second-order valence-electron chi connectivity index (χ2n) is 4.91. The van der Waals surface area contributed by atoms with Gasteiger partial charge < -0.3 is 5.11 Å². The molecule has 21 heavy (non-hydrogen) atoms. The van der Waals surface area contributed by atoms with E-state index in [0.717, 1.165) is 15.8 Å². The number of nitrogens with zero attached hydrogens (tertiary/aromatic N) is 2. The molecule has 2 rings (SSSR count). The van der Waals surface area contributed by atoms with E-state index in [1.165, 1.54) is 22.6 Å². The van der Waals surface area contributed by atoms with Crippen molar-refractivity contribution in [2.24, 2.45) is 0 Å². The smallest absolute Gasteiger partial charge is 0.323 e. The monoisotopic (exact) mass is 352 g/mol. The summed E-state index contributed by atoms with van der Waals surface area (Å²) in [4.78, 5) is 14.1. The highest BCUT2D eigenvalue weighted by Crippen LogP contribution is 2.23. The lowest BCUT2D eigenvalue weighted by atomic mass is 10.3. The zero-order valence-corrected chi connectivity index (χ0v) is 13.9. The summed E-state index contributed by atoms with van der Waals surface area (Å²) in [5.41, 5.74) is 0. The highest BCUT2D eigenvalue weighted by molar-refractivity contribution is 7.90. The number of halogens is 1. The van der Waals surface area contributed by atoms with Crippen LogP contribution in [0.1, 0.15) is 11.8 Å². The maximum atomic E-state index is 12.1. The maximum absolute atomic E-state index is 12.1. The van der Waals surface area contributed by atoms with Crippen LogP contribution in [-0.4, -0.2) is 60.1 Å². The summed E-state index contributed by atoms with van der Waals surface area (Å²) in [6, 6.07) is 3.80. The van der Waals surface area contributed by atoms with E-state index in [0.29, 0.717) is 26.2 Å². The molecule has 0 aliphatic carbocycles. The van der Waals surface area contributed by atoms with Gasteiger partial charge in [0.15, 0.2) is 5.25 Å².